The highest BCUT2D eigenvalue weighted by atomic mass is 19.1. The molecule has 0 heterocycles. The second kappa shape index (κ2) is 7.78. The van der Waals surface area contributed by atoms with E-state index in [1.54, 1.807) is 0 Å². The van der Waals surface area contributed by atoms with Gasteiger partial charge in [0.15, 0.2) is 0 Å². The third kappa shape index (κ3) is 4.90. The van der Waals surface area contributed by atoms with Crippen LogP contribution in [0.25, 0.3) is 0 Å². The first-order chi connectivity index (χ1) is 9.06. The summed E-state index contributed by atoms with van der Waals surface area (Å²) in [4.78, 5) is 9.86. The summed E-state index contributed by atoms with van der Waals surface area (Å²) in [5.74, 6) is -2.01. The van der Waals surface area contributed by atoms with E-state index < -0.39 is 22.2 Å². The van der Waals surface area contributed by atoms with Crippen molar-refractivity contribution in [3.63, 3.8) is 0 Å². The maximum atomic E-state index is 13.3. The first-order valence-electron chi connectivity index (χ1n) is 6.26. The van der Waals surface area contributed by atoms with Gasteiger partial charge in [0.05, 0.1) is 17.1 Å². The molecule has 0 unspecified atom stereocenters. The van der Waals surface area contributed by atoms with Crippen LogP contribution in [-0.2, 0) is 11.3 Å². The first-order valence-corrected chi connectivity index (χ1v) is 6.26. The first kappa shape index (κ1) is 15.5. The maximum Gasteiger partial charge on any atom is 0.310 e. The number of nitro groups is 1. The molecule has 0 saturated carbocycles. The molecule has 0 fully saturated rings. The average molecular weight is 273 g/mol. The van der Waals surface area contributed by atoms with Gasteiger partial charge in [-0.05, 0) is 12.5 Å². The molecule has 0 aliphatic heterocycles. The molecule has 0 radical (unpaired) electrons. The number of hydrogen-bond donors (Lipinski definition) is 0. The van der Waals surface area contributed by atoms with E-state index in [0.29, 0.717) is 12.7 Å². The van der Waals surface area contributed by atoms with Crippen LogP contribution in [0.2, 0.25) is 0 Å². The number of unbranched alkanes of at least 4 members (excludes halogenated alkanes) is 3. The van der Waals surface area contributed by atoms with Crippen LogP contribution in [0.1, 0.15) is 38.2 Å². The molecule has 19 heavy (non-hydrogen) atoms. The number of benzene rings is 1. The van der Waals surface area contributed by atoms with Gasteiger partial charge in [-0.2, -0.15) is 4.39 Å². The third-order valence-corrected chi connectivity index (χ3v) is 2.69. The maximum absolute atomic E-state index is 13.3. The predicted octanol–water partition coefficient (Wildman–Crippen LogP) is 3.97. The number of halogens is 2. The Balaban J connectivity index is 2.59. The third-order valence-electron chi connectivity index (χ3n) is 2.69. The van der Waals surface area contributed by atoms with Gasteiger partial charge < -0.3 is 4.74 Å². The minimum Gasteiger partial charge on any atom is -0.376 e. The van der Waals surface area contributed by atoms with Crippen molar-refractivity contribution in [3.05, 3.63) is 39.4 Å². The molecule has 0 aromatic heterocycles. The van der Waals surface area contributed by atoms with Crippen molar-refractivity contribution in [2.75, 3.05) is 6.61 Å². The zero-order valence-electron chi connectivity index (χ0n) is 10.8. The van der Waals surface area contributed by atoms with Gasteiger partial charge in [-0.25, -0.2) is 4.39 Å². The summed E-state index contributed by atoms with van der Waals surface area (Å²) < 4.78 is 31.6. The Hall–Kier alpha value is -1.56. The summed E-state index contributed by atoms with van der Waals surface area (Å²) in [5, 5.41) is 10.7. The van der Waals surface area contributed by atoms with Crippen LogP contribution in [0.4, 0.5) is 14.5 Å². The van der Waals surface area contributed by atoms with E-state index >= 15 is 0 Å². The standard InChI is InChI=1S/C13H17F2NO3/c1-2-3-4-5-6-19-9-10-7-11(14)8-12(15)13(10)16(17)18/h7-8H,2-6,9H2,1H3. The molecule has 6 heteroatoms. The quantitative estimate of drug-likeness (QED) is 0.409. The Bertz CT molecular complexity index is 438. The monoisotopic (exact) mass is 273 g/mol. The lowest BCUT2D eigenvalue weighted by Gasteiger charge is -2.06. The highest BCUT2D eigenvalue weighted by Gasteiger charge is 2.21. The zero-order chi connectivity index (χ0) is 14.3. The van der Waals surface area contributed by atoms with Crippen LogP contribution in [-0.4, -0.2) is 11.5 Å². The second-order valence-corrected chi connectivity index (χ2v) is 4.27. The smallest absolute Gasteiger partial charge is 0.310 e. The highest BCUT2D eigenvalue weighted by Crippen LogP contribution is 2.24. The summed E-state index contributed by atoms with van der Waals surface area (Å²) in [6, 6.07) is 1.44. The van der Waals surface area contributed by atoms with Gasteiger partial charge in [-0.1, -0.05) is 26.2 Å². The van der Waals surface area contributed by atoms with E-state index in [-0.39, 0.29) is 12.2 Å². The van der Waals surface area contributed by atoms with Crippen molar-refractivity contribution in [2.45, 2.75) is 39.2 Å². The van der Waals surface area contributed by atoms with Crippen molar-refractivity contribution in [2.24, 2.45) is 0 Å². The molecule has 1 aromatic rings. The van der Waals surface area contributed by atoms with Crippen LogP contribution in [0.3, 0.4) is 0 Å². The average Bonchev–Trinajstić information content (AvgIpc) is 2.32. The molecular formula is C13H17F2NO3. The van der Waals surface area contributed by atoms with Gasteiger partial charge in [0.25, 0.3) is 0 Å². The highest BCUT2D eigenvalue weighted by molar-refractivity contribution is 5.41. The summed E-state index contributed by atoms with van der Waals surface area (Å²) in [7, 11) is 0. The minimum atomic E-state index is -1.17. The van der Waals surface area contributed by atoms with Crippen LogP contribution < -0.4 is 0 Å². The molecule has 0 N–H and O–H groups in total. The molecule has 0 saturated heterocycles. The van der Waals surface area contributed by atoms with Crippen molar-refractivity contribution < 1.29 is 18.4 Å². The Kier molecular flexibility index (Phi) is 6.35. The summed E-state index contributed by atoms with van der Waals surface area (Å²) >= 11 is 0. The minimum absolute atomic E-state index is 0.0713. The summed E-state index contributed by atoms with van der Waals surface area (Å²) in [5.41, 5.74) is -0.784. The van der Waals surface area contributed by atoms with Crippen molar-refractivity contribution in [3.8, 4) is 0 Å². The molecule has 0 aliphatic rings. The fourth-order valence-corrected chi connectivity index (χ4v) is 1.75. The fraction of sp³-hybridized carbons (Fsp3) is 0.538. The lowest BCUT2D eigenvalue weighted by Crippen LogP contribution is -2.03. The predicted molar refractivity (Wildman–Crippen MR) is 66.8 cm³/mol. The molecule has 0 aliphatic carbocycles. The van der Waals surface area contributed by atoms with E-state index in [2.05, 4.69) is 6.92 Å². The SMILES string of the molecule is CCCCCCOCc1cc(F)cc(F)c1[N+](=O)[O-]. The Morgan fingerprint density at radius 1 is 1.26 bits per heavy atom. The van der Waals surface area contributed by atoms with Gasteiger partial charge in [0.2, 0.25) is 5.82 Å². The van der Waals surface area contributed by atoms with E-state index in [4.69, 9.17) is 4.74 Å². The number of hydrogen-bond acceptors (Lipinski definition) is 3. The lowest BCUT2D eigenvalue weighted by atomic mass is 10.1. The Labute approximate surface area is 110 Å². The van der Waals surface area contributed by atoms with Gasteiger partial charge in [0, 0.05) is 12.7 Å². The Morgan fingerprint density at radius 2 is 2.00 bits per heavy atom. The van der Waals surface area contributed by atoms with Gasteiger partial charge in [-0.15, -0.1) is 0 Å². The zero-order valence-corrected chi connectivity index (χ0v) is 10.8. The van der Waals surface area contributed by atoms with Gasteiger partial charge >= 0.3 is 5.69 Å². The van der Waals surface area contributed by atoms with Crippen molar-refractivity contribution >= 4 is 5.69 Å². The molecular weight excluding hydrogens is 256 g/mol. The molecule has 1 aromatic carbocycles. The van der Waals surface area contributed by atoms with Gasteiger partial charge in [0.1, 0.15) is 5.82 Å². The fourth-order valence-electron chi connectivity index (χ4n) is 1.75. The molecule has 0 bridgehead atoms. The van der Waals surface area contributed by atoms with E-state index in [1.165, 1.54) is 0 Å². The van der Waals surface area contributed by atoms with Gasteiger partial charge in [-0.3, -0.25) is 10.1 Å². The van der Waals surface area contributed by atoms with E-state index in [9.17, 15) is 18.9 Å². The molecule has 0 atom stereocenters. The van der Waals surface area contributed by atoms with Crippen molar-refractivity contribution in [1.82, 2.24) is 0 Å². The molecule has 0 spiro atoms. The number of ether oxygens (including phenoxy) is 1. The summed E-state index contributed by atoms with van der Waals surface area (Å²) in [6.45, 7) is 2.35. The molecule has 4 nitrogen and oxygen atoms in total. The number of nitrogens with zero attached hydrogens (tertiary/aromatic N) is 1. The van der Waals surface area contributed by atoms with Crippen LogP contribution >= 0.6 is 0 Å². The van der Waals surface area contributed by atoms with Crippen LogP contribution in [0, 0.1) is 21.7 Å². The van der Waals surface area contributed by atoms with Crippen LogP contribution in [0.15, 0.2) is 12.1 Å². The molecule has 106 valence electrons. The topological polar surface area (TPSA) is 52.4 Å². The van der Waals surface area contributed by atoms with E-state index in [0.717, 1.165) is 31.7 Å². The molecule has 0 amide bonds. The summed E-state index contributed by atoms with van der Waals surface area (Å²) in [6.07, 6.45) is 4.04. The lowest BCUT2D eigenvalue weighted by molar-refractivity contribution is -0.388. The number of rotatable bonds is 8. The number of nitro benzene ring substituents is 1. The largest absolute Gasteiger partial charge is 0.376 e. The van der Waals surface area contributed by atoms with Crippen LogP contribution in [0.5, 0.6) is 0 Å². The van der Waals surface area contributed by atoms with Crippen molar-refractivity contribution in [1.29, 1.82) is 0 Å². The van der Waals surface area contributed by atoms with E-state index in [1.807, 2.05) is 0 Å². The normalized spacial score (nSPS) is 10.7. The second-order valence-electron chi connectivity index (χ2n) is 4.27. The Morgan fingerprint density at radius 3 is 2.63 bits per heavy atom. The molecule has 1 rings (SSSR count).